The zero-order chi connectivity index (χ0) is 9.26. The number of benzene rings is 1. The molecule has 1 aromatic carbocycles. The van der Waals surface area contributed by atoms with Crippen LogP contribution in [0.5, 0.6) is 0 Å². The predicted octanol–water partition coefficient (Wildman–Crippen LogP) is 0.818. The predicted molar refractivity (Wildman–Crippen MR) is 53.6 cm³/mol. The number of hydrogen-bond donors (Lipinski definition) is 2. The Morgan fingerprint density at radius 2 is 2.31 bits per heavy atom. The quantitative estimate of drug-likeness (QED) is 0.490. The molecule has 3 N–H and O–H groups in total. The van der Waals surface area contributed by atoms with Crippen LogP contribution in [-0.2, 0) is 6.42 Å². The SMILES string of the molecule is CN=C(N)NC1Cc2ccccc21. The molecular formula is C10H13N3. The fourth-order valence-electron chi connectivity index (χ4n) is 1.63. The highest BCUT2D eigenvalue weighted by Gasteiger charge is 2.25. The summed E-state index contributed by atoms with van der Waals surface area (Å²) >= 11 is 0. The van der Waals surface area contributed by atoms with Crippen molar-refractivity contribution in [3.8, 4) is 0 Å². The van der Waals surface area contributed by atoms with Crippen LogP contribution in [0.2, 0.25) is 0 Å². The molecule has 1 aliphatic rings. The summed E-state index contributed by atoms with van der Waals surface area (Å²) in [6.45, 7) is 0. The van der Waals surface area contributed by atoms with Gasteiger partial charge in [-0.3, -0.25) is 4.99 Å². The van der Waals surface area contributed by atoms with Gasteiger partial charge in [-0.2, -0.15) is 0 Å². The van der Waals surface area contributed by atoms with Crippen LogP contribution in [0.15, 0.2) is 29.3 Å². The number of nitrogens with zero attached hydrogens (tertiary/aromatic N) is 1. The summed E-state index contributed by atoms with van der Waals surface area (Å²) in [6, 6.07) is 8.74. The zero-order valence-electron chi connectivity index (χ0n) is 7.62. The molecule has 68 valence electrons. The first-order chi connectivity index (χ1) is 6.31. The van der Waals surface area contributed by atoms with Gasteiger partial charge in [0.2, 0.25) is 0 Å². The second-order valence-electron chi connectivity index (χ2n) is 3.21. The Balaban J connectivity index is 2.10. The molecule has 0 spiro atoms. The second kappa shape index (κ2) is 3.09. The number of nitrogens with one attached hydrogen (secondary N) is 1. The average molecular weight is 175 g/mol. The monoisotopic (exact) mass is 175 g/mol. The summed E-state index contributed by atoms with van der Waals surface area (Å²) in [5, 5.41) is 3.15. The minimum atomic E-state index is 0.361. The normalized spacial score (nSPS) is 20.4. The smallest absolute Gasteiger partial charge is 0.188 e. The number of rotatable bonds is 1. The molecule has 3 heteroatoms. The molecule has 2 rings (SSSR count). The van der Waals surface area contributed by atoms with Gasteiger partial charge in [0.15, 0.2) is 5.96 Å². The Labute approximate surface area is 77.7 Å². The van der Waals surface area contributed by atoms with E-state index < -0.39 is 0 Å². The summed E-state index contributed by atoms with van der Waals surface area (Å²) in [7, 11) is 1.69. The van der Waals surface area contributed by atoms with Crippen molar-refractivity contribution in [1.82, 2.24) is 5.32 Å². The molecule has 3 nitrogen and oxygen atoms in total. The van der Waals surface area contributed by atoms with Crippen LogP contribution in [0.3, 0.4) is 0 Å². The molecule has 0 fully saturated rings. The molecular weight excluding hydrogens is 162 g/mol. The Hall–Kier alpha value is -1.51. The molecule has 0 radical (unpaired) electrons. The van der Waals surface area contributed by atoms with E-state index >= 15 is 0 Å². The van der Waals surface area contributed by atoms with E-state index in [0.29, 0.717) is 12.0 Å². The third-order valence-corrected chi connectivity index (χ3v) is 2.42. The lowest BCUT2D eigenvalue weighted by molar-refractivity contribution is 0.569. The standard InChI is InChI=1S/C10H13N3/c1-12-10(11)13-9-6-7-4-2-3-5-8(7)9/h2-5,9H,6H2,1H3,(H3,11,12,13). The fraction of sp³-hybridized carbons (Fsp3) is 0.300. The highest BCUT2D eigenvalue weighted by molar-refractivity contribution is 5.78. The molecule has 13 heavy (non-hydrogen) atoms. The van der Waals surface area contributed by atoms with E-state index in [4.69, 9.17) is 5.73 Å². The van der Waals surface area contributed by atoms with Crippen LogP contribution < -0.4 is 11.1 Å². The van der Waals surface area contributed by atoms with E-state index in [2.05, 4.69) is 28.5 Å². The molecule has 0 saturated heterocycles. The first kappa shape index (κ1) is 8.10. The summed E-state index contributed by atoms with van der Waals surface area (Å²) in [4.78, 5) is 3.87. The van der Waals surface area contributed by atoms with Crippen molar-refractivity contribution in [1.29, 1.82) is 0 Å². The summed E-state index contributed by atoms with van der Waals surface area (Å²) in [5.41, 5.74) is 8.33. The van der Waals surface area contributed by atoms with E-state index in [1.807, 2.05) is 6.07 Å². The van der Waals surface area contributed by atoms with Gasteiger partial charge >= 0.3 is 0 Å². The second-order valence-corrected chi connectivity index (χ2v) is 3.21. The summed E-state index contributed by atoms with van der Waals surface area (Å²) in [6.07, 6.45) is 1.05. The Kier molecular flexibility index (Phi) is 1.93. The van der Waals surface area contributed by atoms with Crippen LogP contribution in [0.1, 0.15) is 17.2 Å². The fourth-order valence-corrected chi connectivity index (χ4v) is 1.63. The largest absolute Gasteiger partial charge is 0.370 e. The van der Waals surface area contributed by atoms with Crippen molar-refractivity contribution in [2.75, 3.05) is 7.05 Å². The third-order valence-electron chi connectivity index (χ3n) is 2.42. The average Bonchev–Trinajstić information content (AvgIpc) is 2.14. The van der Waals surface area contributed by atoms with Crippen LogP contribution in [0, 0.1) is 0 Å². The highest BCUT2D eigenvalue weighted by Crippen LogP contribution is 2.32. The van der Waals surface area contributed by atoms with Gasteiger partial charge in [0, 0.05) is 7.05 Å². The van der Waals surface area contributed by atoms with Gasteiger partial charge in [0.05, 0.1) is 6.04 Å². The first-order valence-corrected chi connectivity index (χ1v) is 4.38. The lowest BCUT2D eigenvalue weighted by Crippen LogP contribution is -2.39. The van der Waals surface area contributed by atoms with Gasteiger partial charge in [0.25, 0.3) is 0 Å². The van der Waals surface area contributed by atoms with Crippen molar-refractivity contribution in [3.63, 3.8) is 0 Å². The van der Waals surface area contributed by atoms with E-state index in [1.165, 1.54) is 11.1 Å². The summed E-state index contributed by atoms with van der Waals surface area (Å²) < 4.78 is 0. The van der Waals surface area contributed by atoms with Crippen LogP contribution in [0.25, 0.3) is 0 Å². The van der Waals surface area contributed by atoms with Crippen molar-refractivity contribution in [2.45, 2.75) is 12.5 Å². The summed E-state index contributed by atoms with van der Waals surface area (Å²) in [5.74, 6) is 0.513. The van der Waals surface area contributed by atoms with Gasteiger partial charge in [-0.1, -0.05) is 24.3 Å². The van der Waals surface area contributed by atoms with E-state index in [1.54, 1.807) is 7.05 Å². The molecule has 0 amide bonds. The highest BCUT2D eigenvalue weighted by atomic mass is 15.1. The molecule has 0 aliphatic heterocycles. The zero-order valence-corrected chi connectivity index (χ0v) is 7.62. The van der Waals surface area contributed by atoms with Crippen molar-refractivity contribution >= 4 is 5.96 Å². The van der Waals surface area contributed by atoms with Gasteiger partial charge in [-0.25, -0.2) is 0 Å². The molecule has 1 aliphatic carbocycles. The van der Waals surface area contributed by atoms with Gasteiger partial charge in [0.1, 0.15) is 0 Å². The number of nitrogens with two attached hydrogens (primary N) is 1. The first-order valence-electron chi connectivity index (χ1n) is 4.38. The van der Waals surface area contributed by atoms with E-state index in [0.717, 1.165) is 6.42 Å². The van der Waals surface area contributed by atoms with Crippen LogP contribution >= 0.6 is 0 Å². The van der Waals surface area contributed by atoms with E-state index in [9.17, 15) is 0 Å². The number of fused-ring (bicyclic) bond motifs is 1. The number of hydrogen-bond acceptors (Lipinski definition) is 1. The van der Waals surface area contributed by atoms with Crippen molar-refractivity contribution < 1.29 is 0 Å². The maximum absolute atomic E-state index is 5.58. The molecule has 0 bridgehead atoms. The van der Waals surface area contributed by atoms with Crippen LogP contribution in [-0.4, -0.2) is 13.0 Å². The van der Waals surface area contributed by atoms with Crippen LogP contribution in [0.4, 0.5) is 0 Å². The van der Waals surface area contributed by atoms with Crippen molar-refractivity contribution in [2.24, 2.45) is 10.7 Å². The third kappa shape index (κ3) is 1.37. The lowest BCUT2D eigenvalue weighted by Gasteiger charge is -2.30. The molecule has 0 heterocycles. The minimum Gasteiger partial charge on any atom is -0.370 e. The Morgan fingerprint density at radius 3 is 3.00 bits per heavy atom. The molecule has 0 aromatic heterocycles. The number of aliphatic imine (C=N–C) groups is 1. The Morgan fingerprint density at radius 1 is 1.54 bits per heavy atom. The van der Waals surface area contributed by atoms with E-state index in [-0.39, 0.29) is 0 Å². The number of guanidine groups is 1. The van der Waals surface area contributed by atoms with Crippen molar-refractivity contribution in [3.05, 3.63) is 35.4 Å². The Bertz CT molecular complexity index is 344. The topological polar surface area (TPSA) is 50.4 Å². The molecule has 1 aromatic rings. The maximum atomic E-state index is 5.58. The minimum absolute atomic E-state index is 0.361. The van der Waals surface area contributed by atoms with Gasteiger partial charge < -0.3 is 11.1 Å². The van der Waals surface area contributed by atoms with Gasteiger partial charge in [-0.05, 0) is 17.5 Å². The maximum Gasteiger partial charge on any atom is 0.188 e. The molecule has 1 atom stereocenters. The molecule has 1 unspecified atom stereocenters. The lowest BCUT2D eigenvalue weighted by atomic mass is 9.83. The molecule has 0 saturated carbocycles. The van der Waals surface area contributed by atoms with Gasteiger partial charge in [-0.15, -0.1) is 0 Å².